The van der Waals surface area contributed by atoms with Gasteiger partial charge in [0.15, 0.2) is 0 Å². The molecule has 3 nitrogen and oxygen atoms in total. The molecular formula is C18H14O3. The van der Waals surface area contributed by atoms with Gasteiger partial charge in [0, 0.05) is 10.9 Å². The van der Waals surface area contributed by atoms with Crippen LogP contribution in [0.15, 0.2) is 52.9 Å². The summed E-state index contributed by atoms with van der Waals surface area (Å²) in [6.07, 6.45) is 3.82. The molecule has 0 aliphatic heterocycles. The molecule has 104 valence electrons. The molecule has 0 spiro atoms. The minimum atomic E-state index is -0.918. The normalized spacial score (nSPS) is 11.3. The summed E-state index contributed by atoms with van der Waals surface area (Å²) in [6, 6.07) is 14.7. The van der Waals surface area contributed by atoms with Gasteiger partial charge in [-0.05, 0) is 36.8 Å². The van der Waals surface area contributed by atoms with E-state index in [0.717, 1.165) is 27.9 Å². The molecule has 0 atom stereocenters. The SMILES string of the molecule is Cc1c(/C=C/c2ccc(C(=O)O)cc2)oc2ccccc12. The number of carboxylic acids is 1. The van der Waals surface area contributed by atoms with Crippen molar-refractivity contribution < 1.29 is 14.3 Å². The molecule has 0 saturated heterocycles. The molecule has 0 unspecified atom stereocenters. The van der Waals surface area contributed by atoms with Gasteiger partial charge < -0.3 is 9.52 Å². The fourth-order valence-corrected chi connectivity index (χ4v) is 2.26. The number of carbonyl (C=O) groups is 1. The Labute approximate surface area is 122 Å². The second-order valence-electron chi connectivity index (χ2n) is 4.85. The number of benzene rings is 2. The van der Waals surface area contributed by atoms with Crippen LogP contribution in [0, 0.1) is 6.92 Å². The molecule has 3 aromatic rings. The summed E-state index contributed by atoms with van der Waals surface area (Å²) >= 11 is 0. The van der Waals surface area contributed by atoms with E-state index in [1.807, 2.05) is 43.3 Å². The molecule has 1 heterocycles. The van der Waals surface area contributed by atoms with Gasteiger partial charge in [0.05, 0.1) is 5.56 Å². The van der Waals surface area contributed by atoms with Crippen molar-refractivity contribution in [2.24, 2.45) is 0 Å². The monoisotopic (exact) mass is 278 g/mol. The number of hydrogen-bond donors (Lipinski definition) is 1. The number of para-hydroxylation sites is 1. The maximum Gasteiger partial charge on any atom is 0.335 e. The smallest absolute Gasteiger partial charge is 0.335 e. The molecule has 21 heavy (non-hydrogen) atoms. The average molecular weight is 278 g/mol. The summed E-state index contributed by atoms with van der Waals surface area (Å²) in [4.78, 5) is 10.8. The highest BCUT2D eigenvalue weighted by Gasteiger charge is 2.06. The van der Waals surface area contributed by atoms with Crippen molar-refractivity contribution in [1.82, 2.24) is 0 Å². The first kappa shape index (κ1) is 13.2. The molecule has 1 aromatic heterocycles. The van der Waals surface area contributed by atoms with Gasteiger partial charge in [0.1, 0.15) is 11.3 Å². The van der Waals surface area contributed by atoms with E-state index in [2.05, 4.69) is 0 Å². The second kappa shape index (κ2) is 5.29. The largest absolute Gasteiger partial charge is 0.478 e. The summed E-state index contributed by atoms with van der Waals surface area (Å²) in [5.41, 5.74) is 3.19. The molecule has 0 aliphatic carbocycles. The van der Waals surface area contributed by atoms with Crippen LogP contribution < -0.4 is 0 Å². The Balaban J connectivity index is 1.90. The topological polar surface area (TPSA) is 50.4 Å². The van der Waals surface area contributed by atoms with Crippen LogP contribution in [0.25, 0.3) is 23.1 Å². The maximum absolute atomic E-state index is 10.8. The highest BCUT2D eigenvalue weighted by Crippen LogP contribution is 2.26. The molecule has 0 aliphatic rings. The number of aromatic carboxylic acids is 1. The first-order valence-electron chi connectivity index (χ1n) is 6.65. The zero-order valence-electron chi connectivity index (χ0n) is 11.5. The van der Waals surface area contributed by atoms with E-state index in [0.29, 0.717) is 0 Å². The van der Waals surface area contributed by atoms with Crippen LogP contribution in [0.3, 0.4) is 0 Å². The molecule has 0 bridgehead atoms. The zero-order chi connectivity index (χ0) is 14.8. The van der Waals surface area contributed by atoms with Gasteiger partial charge in [0.25, 0.3) is 0 Å². The molecule has 0 saturated carbocycles. The predicted octanol–water partition coefficient (Wildman–Crippen LogP) is 4.61. The third-order valence-electron chi connectivity index (χ3n) is 3.47. The fraction of sp³-hybridized carbons (Fsp3) is 0.0556. The molecular weight excluding hydrogens is 264 g/mol. The first-order chi connectivity index (χ1) is 10.1. The lowest BCUT2D eigenvalue weighted by Crippen LogP contribution is -1.94. The van der Waals surface area contributed by atoms with Gasteiger partial charge >= 0.3 is 5.97 Å². The number of hydrogen-bond acceptors (Lipinski definition) is 2. The van der Waals surface area contributed by atoms with E-state index in [-0.39, 0.29) is 5.56 Å². The Kier molecular flexibility index (Phi) is 3.32. The van der Waals surface area contributed by atoms with E-state index >= 15 is 0 Å². The summed E-state index contributed by atoms with van der Waals surface area (Å²) in [7, 11) is 0. The van der Waals surface area contributed by atoms with Crippen LogP contribution >= 0.6 is 0 Å². The van der Waals surface area contributed by atoms with E-state index in [9.17, 15) is 4.79 Å². The highest BCUT2D eigenvalue weighted by atomic mass is 16.4. The van der Waals surface area contributed by atoms with Crippen LogP contribution in [0.5, 0.6) is 0 Å². The van der Waals surface area contributed by atoms with E-state index in [1.165, 1.54) is 0 Å². The Morgan fingerprint density at radius 3 is 2.43 bits per heavy atom. The van der Waals surface area contributed by atoms with E-state index in [1.54, 1.807) is 24.3 Å². The fourth-order valence-electron chi connectivity index (χ4n) is 2.26. The Morgan fingerprint density at radius 1 is 1.05 bits per heavy atom. The van der Waals surface area contributed by atoms with E-state index < -0.39 is 5.97 Å². The molecule has 0 amide bonds. The van der Waals surface area contributed by atoms with Gasteiger partial charge in [-0.1, -0.05) is 36.4 Å². The minimum absolute atomic E-state index is 0.284. The summed E-state index contributed by atoms with van der Waals surface area (Å²) in [6.45, 7) is 2.03. The summed E-state index contributed by atoms with van der Waals surface area (Å²) in [5.74, 6) is -0.0998. The lowest BCUT2D eigenvalue weighted by atomic mass is 10.1. The standard InChI is InChI=1S/C18H14O3/c1-12-15-4-2-3-5-17(15)21-16(12)11-8-13-6-9-14(10-7-13)18(19)20/h2-11H,1H3,(H,19,20)/b11-8+. The Morgan fingerprint density at radius 2 is 1.76 bits per heavy atom. The summed E-state index contributed by atoms with van der Waals surface area (Å²) < 4.78 is 5.80. The summed E-state index contributed by atoms with van der Waals surface area (Å²) in [5, 5.41) is 9.98. The average Bonchev–Trinajstić information content (AvgIpc) is 2.82. The molecule has 3 rings (SSSR count). The molecule has 0 fully saturated rings. The molecule has 2 aromatic carbocycles. The van der Waals surface area contributed by atoms with Crippen molar-refractivity contribution in [3.63, 3.8) is 0 Å². The maximum atomic E-state index is 10.8. The highest BCUT2D eigenvalue weighted by molar-refractivity contribution is 5.88. The second-order valence-corrected chi connectivity index (χ2v) is 4.85. The van der Waals surface area contributed by atoms with Gasteiger partial charge in [-0.25, -0.2) is 4.79 Å². The van der Waals surface area contributed by atoms with Crippen molar-refractivity contribution in [3.8, 4) is 0 Å². The van der Waals surface area contributed by atoms with Crippen molar-refractivity contribution in [2.45, 2.75) is 6.92 Å². The third-order valence-corrected chi connectivity index (χ3v) is 3.47. The van der Waals surface area contributed by atoms with Crippen LogP contribution in [0.2, 0.25) is 0 Å². The lowest BCUT2D eigenvalue weighted by molar-refractivity contribution is 0.0697. The van der Waals surface area contributed by atoms with Gasteiger partial charge in [-0.2, -0.15) is 0 Å². The lowest BCUT2D eigenvalue weighted by Gasteiger charge is -1.96. The Bertz CT molecular complexity index is 823. The van der Waals surface area contributed by atoms with Crippen molar-refractivity contribution in [1.29, 1.82) is 0 Å². The quantitative estimate of drug-likeness (QED) is 0.761. The van der Waals surface area contributed by atoms with Crippen molar-refractivity contribution in [3.05, 3.63) is 71.0 Å². The number of furan rings is 1. The van der Waals surface area contributed by atoms with Crippen LogP contribution in [-0.2, 0) is 0 Å². The van der Waals surface area contributed by atoms with E-state index in [4.69, 9.17) is 9.52 Å². The number of rotatable bonds is 3. The van der Waals surface area contributed by atoms with Crippen LogP contribution in [-0.4, -0.2) is 11.1 Å². The van der Waals surface area contributed by atoms with Crippen LogP contribution in [0.1, 0.15) is 27.2 Å². The number of fused-ring (bicyclic) bond motifs is 1. The van der Waals surface area contributed by atoms with Crippen LogP contribution in [0.4, 0.5) is 0 Å². The third kappa shape index (κ3) is 2.58. The minimum Gasteiger partial charge on any atom is -0.478 e. The number of carboxylic acid groups (broad SMARTS) is 1. The molecule has 3 heteroatoms. The van der Waals surface area contributed by atoms with Gasteiger partial charge in [0.2, 0.25) is 0 Å². The Hall–Kier alpha value is -2.81. The van der Waals surface area contributed by atoms with Crippen molar-refractivity contribution in [2.75, 3.05) is 0 Å². The molecule has 0 radical (unpaired) electrons. The van der Waals surface area contributed by atoms with Gasteiger partial charge in [-0.15, -0.1) is 0 Å². The van der Waals surface area contributed by atoms with Crippen molar-refractivity contribution >= 4 is 29.1 Å². The number of aryl methyl sites for hydroxylation is 1. The van der Waals surface area contributed by atoms with Gasteiger partial charge in [-0.3, -0.25) is 0 Å². The zero-order valence-corrected chi connectivity index (χ0v) is 11.5. The molecule has 1 N–H and O–H groups in total. The predicted molar refractivity (Wildman–Crippen MR) is 83.3 cm³/mol. The first-order valence-corrected chi connectivity index (χ1v) is 6.65.